The zero-order valence-corrected chi connectivity index (χ0v) is 11.0. The van der Waals surface area contributed by atoms with Gasteiger partial charge in [-0.05, 0) is 31.4 Å². The predicted molar refractivity (Wildman–Crippen MR) is 74.0 cm³/mol. The average Bonchev–Trinajstić information content (AvgIpc) is 3.00. The highest BCUT2D eigenvalue weighted by Gasteiger charge is 2.26. The maximum Gasteiger partial charge on any atom is 0.159 e. The van der Waals surface area contributed by atoms with Crippen LogP contribution in [0, 0.1) is 0 Å². The van der Waals surface area contributed by atoms with E-state index in [-0.39, 0.29) is 6.04 Å². The highest BCUT2D eigenvalue weighted by atomic mass is 16.5. The number of ether oxygens (including phenoxy) is 2. The Morgan fingerprint density at radius 2 is 2.37 bits per heavy atom. The van der Waals surface area contributed by atoms with Crippen molar-refractivity contribution in [2.24, 2.45) is 0 Å². The first-order chi connectivity index (χ1) is 9.43. The Morgan fingerprint density at radius 1 is 1.37 bits per heavy atom. The Balaban J connectivity index is 1.75. The molecule has 1 saturated heterocycles. The molecule has 0 aromatic rings. The maximum atomic E-state index is 5.61. The van der Waals surface area contributed by atoms with E-state index in [0.29, 0.717) is 6.04 Å². The van der Waals surface area contributed by atoms with Gasteiger partial charge >= 0.3 is 0 Å². The zero-order chi connectivity index (χ0) is 12.9. The van der Waals surface area contributed by atoms with Crippen molar-refractivity contribution >= 4 is 0 Å². The van der Waals surface area contributed by atoms with Crippen molar-refractivity contribution in [1.29, 1.82) is 0 Å². The van der Waals surface area contributed by atoms with Crippen LogP contribution in [0.2, 0.25) is 0 Å². The summed E-state index contributed by atoms with van der Waals surface area (Å²) in [5, 5.41) is 7.07. The molecule has 3 rings (SSSR count). The lowest BCUT2D eigenvalue weighted by Crippen LogP contribution is -2.42. The van der Waals surface area contributed by atoms with Crippen molar-refractivity contribution in [1.82, 2.24) is 10.6 Å². The van der Waals surface area contributed by atoms with Crippen LogP contribution in [-0.2, 0) is 9.47 Å². The van der Waals surface area contributed by atoms with Crippen LogP contribution in [0.3, 0.4) is 0 Å². The Labute approximate surface area is 113 Å². The monoisotopic (exact) mass is 260 g/mol. The third-order valence-electron chi connectivity index (χ3n) is 3.69. The average molecular weight is 260 g/mol. The number of nitrogens with one attached hydrogen (secondary N) is 2. The Hall–Kier alpha value is -1.52. The molecule has 2 atom stereocenters. The van der Waals surface area contributed by atoms with Gasteiger partial charge in [0.05, 0.1) is 6.04 Å². The van der Waals surface area contributed by atoms with E-state index < -0.39 is 0 Å². The van der Waals surface area contributed by atoms with Crippen LogP contribution in [-0.4, -0.2) is 25.2 Å². The van der Waals surface area contributed by atoms with Crippen LogP contribution >= 0.6 is 0 Å². The molecule has 3 aliphatic rings. The molecule has 102 valence electrons. The van der Waals surface area contributed by atoms with Crippen LogP contribution < -0.4 is 10.6 Å². The first kappa shape index (κ1) is 12.5. The molecule has 2 unspecified atom stereocenters. The third kappa shape index (κ3) is 3.08. The van der Waals surface area contributed by atoms with Gasteiger partial charge in [0.15, 0.2) is 5.76 Å². The van der Waals surface area contributed by atoms with Gasteiger partial charge in [0, 0.05) is 12.6 Å². The molecule has 4 nitrogen and oxygen atoms in total. The van der Waals surface area contributed by atoms with Crippen molar-refractivity contribution in [3.63, 3.8) is 0 Å². The highest BCUT2D eigenvalue weighted by Crippen LogP contribution is 2.24. The number of hydrogen-bond acceptors (Lipinski definition) is 4. The molecule has 0 radical (unpaired) electrons. The van der Waals surface area contributed by atoms with Gasteiger partial charge in [-0.1, -0.05) is 18.2 Å². The summed E-state index contributed by atoms with van der Waals surface area (Å²) in [7, 11) is 0. The zero-order valence-electron chi connectivity index (χ0n) is 11.0. The van der Waals surface area contributed by atoms with Gasteiger partial charge in [0.1, 0.15) is 18.8 Å². The largest absolute Gasteiger partial charge is 0.466 e. The second kappa shape index (κ2) is 6.08. The highest BCUT2D eigenvalue weighted by molar-refractivity contribution is 5.29. The molecule has 0 aromatic heterocycles. The van der Waals surface area contributed by atoms with Gasteiger partial charge in [-0.2, -0.15) is 0 Å². The summed E-state index contributed by atoms with van der Waals surface area (Å²) >= 11 is 0. The van der Waals surface area contributed by atoms with Gasteiger partial charge in [-0.15, -0.1) is 0 Å². The van der Waals surface area contributed by atoms with Gasteiger partial charge in [0.2, 0.25) is 0 Å². The topological polar surface area (TPSA) is 42.5 Å². The van der Waals surface area contributed by atoms with Crippen molar-refractivity contribution in [3.05, 3.63) is 48.3 Å². The smallest absolute Gasteiger partial charge is 0.159 e. The molecule has 0 spiro atoms. The van der Waals surface area contributed by atoms with E-state index >= 15 is 0 Å². The van der Waals surface area contributed by atoms with Crippen molar-refractivity contribution in [2.75, 3.05) is 13.1 Å². The van der Waals surface area contributed by atoms with E-state index in [1.165, 1.54) is 5.57 Å². The van der Waals surface area contributed by atoms with E-state index in [4.69, 9.17) is 9.47 Å². The molecule has 1 aliphatic carbocycles. The Morgan fingerprint density at radius 3 is 3.05 bits per heavy atom. The van der Waals surface area contributed by atoms with E-state index in [9.17, 15) is 0 Å². The summed E-state index contributed by atoms with van der Waals surface area (Å²) in [5.74, 6) is 0.843. The van der Waals surface area contributed by atoms with Crippen LogP contribution in [0.15, 0.2) is 48.3 Å². The van der Waals surface area contributed by atoms with Crippen LogP contribution in [0.4, 0.5) is 0 Å². The van der Waals surface area contributed by atoms with Gasteiger partial charge < -0.3 is 14.8 Å². The van der Waals surface area contributed by atoms with E-state index in [0.717, 1.165) is 38.1 Å². The third-order valence-corrected chi connectivity index (χ3v) is 3.69. The Bertz CT molecular complexity index is 431. The summed E-state index contributed by atoms with van der Waals surface area (Å²) in [6.45, 7) is 2.10. The van der Waals surface area contributed by atoms with Crippen molar-refractivity contribution in [2.45, 2.75) is 31.3 Å². The van der Waals surface area contributed by atoms with E-state index in [1.54, 1.807) is 18.8 Å². The summed E-state index contributed by atoms with van der Waals surface area (Å²) in [5.41, 5.74) is 1.36. The fourth-order valence-corrected chi connectivity index (χ4v) is 2.67. The van der Waals surface area contributed by atoms with Gasteiger partial charge in [-0.3, -0.25) is 5.32 Å². The first-order valence-corrected chi connectivity index (χ1v) is 6.93. The fourth-order valence-electron chi connectivity index (χ4n) is 2.67. The minimum atomic E-state index is 0.111. The second-order valence-corrected chi connectivity index (χ2v) is 5.04. The predicted octanol–water partition coefficient (Wildman–Crippen LogP) is 1.94. The summed E-state index contributed by atoms with van der Waals surface area (Å²) < 4.78 is 10.9. The quantitative estimate of drug-likeness (QED) is 0.810. The lowest BCUT2D eigenvalue weighted by Gasteiger charge is -2.28. The Kier molecular flexibility index (Phi) is 4.01. The molecule has 0 bridgehead atoms. The molecule has 0 amide bonds. The molecule has 0 aromatic carbocycles. The lowest BCUT2D eigenvalue weighted by atomic mass is 9.95. The standard InChI is InChI=1S/C15H20N2O2/c1-2-4-12(5-3-1)15(14-11-18-8-9-19-14)17-13-6-7-16-10-13/h1-2,4,8-9,11,13,15-17H,3,5-7,10H2. The minimum absolute atomic E-state index is 0.111. The molecule has 0 saturated carbocycles. The lowest BCUT2D eigenvalue weighted by molar-refractivity contribution is 0.229. The summed E-state index contributed by atoms with van der Waals surface area (Å²) in [4.78, 5) is 0. The summed E-state index contributed by atoms with van der Waals surface area (Å²) in [6, 6.07) is 0.604. The number of rotatable bonds is 4. The molecular weight excluding hydrogens is 240 g/mol. The molecule has 4 heteroatoms. The minimum Gasteiger partial charge on any atom is -0.466 e. The normalized spacial score (nSPS) is 27.3. The van der Waals surface area contributed by atoms with E-state index in [1.807, 2.05) is 0 Å². The second-order valence-electron chi connectivity index (χ2n) is 5.04. The number of hydrogen-bond donors (Lipinski definition) is 2. The van der Waals surface area contributed by atoms with Crippen molar-refractivity contribution in [3.8, 4) is 0 Å². The summed E-state index contributed by atoms with van der Waals surface area (Å²) in [6.07, 6.45) is 14.7. The van der Waals surface area contributed by atoms with Gasteiger partial charge in [-0.25, -0.2) is 0 Å². The molecule has 2 N–H and O–H groups in total. The van der Waals surface area contributed by atoms with Crippen LogP contribution in [0.5, 0.6) is 0 Å². The molecule has 19 heavy (non-hydrogen) atoms. The fraction of sp³-hybridized carbons (Fsp3) is 0.467. The van der Waals surface area contributed by atoms with Gasteiger partial charge in [0.25, 0.3) is 0 Å². The van der Waals surface area contributed by atoms with Crippen LogP contribution in [0.25, 0.3) is 0 Å². The maximum absolute atomic E-state index is 5.61. The number of allylic oxidation sites excluding steroid dienone is 3. The molecule has 2 aliphatic heterocycles. The molecule has 2 heterocycles. The molecular formula is C15H20N2O2. The SMILES string of the molecule is C1=CCCC(C(NC2CCNC2)C2=COC=CO2)=C1. The van der Waals surface area contributed by atoms with E-state index in [2.05, 4.69) is 28.9 Å². The van der Waals surface area contributed by atoms with Crippen LogP contribution in [0.1, 0.15) is 19.3 Å². The first-order valence-electron chi connectivity index (χ1n) is 6.93. The van der Waals surface area contributed by atoms with Crippen molar-refractivity contribution < 1.29 is 9.47 Å². The molecule has 1 fully saturated rings.